The summed E-state index contributed by atoms with van der Waals surface area (Å²) in [4.78, 5) is 18.9. The third-order valence-electron chi connectivity index (χ3n) is 4.71. The fourth-order valence-corrected chi connectivity index (χ4v) is 3.44. The third kappa shape index (κ3) is 9.80. The summed E-state index contributed by atoms with van der Waals surface area (Å²) in [6, 6.07) is 11.4. The molecule has 1 saturated heterocycles. The van der Waals surface area contributed by atoms with Crippen LogP contribution in [0.1, 0.15) is 53.0 Å². The molecule has 0 amide bonds. The molecule has 1 fully saturated rings. The second-order valence-electron chi connectivity index (χ2n) is 8.45. The van der Waals surface area contributed by atoms with Gasteiger partial charge in [0.2, 0.25) is 0 Å². The van der Waals surface area contributed by atoms with E-state index in [9.17, 15) is 4.79 Å². The highest BCUT2D eigenvalue weighted by Crippen LogP contribution is 2.20. The number of ether oxygens (including phenoxy) is 1. The van der Waals surface area contributed by atoms with Gasteiger partial charge < -0.3 is 15.4 Å². The number of aliphatic imine (C=N–C) groups is 1. The number of nitrogens with one attached hydrogen (secondary N) is 2. The number of nitrogens with zero attached hydrogens (tertiary/aromatic N) is 2. The molecule has 29 heavy (non-hydrogen) atoms. The number of carbonyl (C=O) groups is 1. The number of halogens is 1. The van der Waals surface area contributed by atoms with E-state index in [1.54, 1.807) is 0 Å². The number of likely N-dealkylation sites (tertiary alicyclic amines) is 1. The van der Waals surface area contributed by atoms with Crippen molar-refractivity contribution in [2.24, 2.45) is 4.99 Å². The van der Waals surface area contributed by atoms with Crippen molar-refractivity contribution in [2.45, 2.75) is 71.7 Å². The van der Waals surface area contributed by atoms with Crippen LogP contribution in [0.3, 0.4) is 0 Å². The van der Waals surface area contributed by atoms with Gasteiger partial charge in [-0.2, -0.15) is 0 Å². The van der Waals surface area contributed by atoms with Crippen LogP contribution in [0.25, 0.3) is 0 Å². The molecule has 0 bridgehead atoms. The lowest BCUT2D eigenvalue weighted by molar-refractivity contribution is -0.152. The first-order valence-corrected chi connectivity index (χ1v) is 10.3. The number of hydrogen-bond donors (Lipinski definition) is 2. The Kier molecular flexibility index (Phi) is 11.0. The van der Waals surface area contributed by atoms with Crippen LogP contribution in [0, 0.1) is 0 Å². The molecule has 2 atom stereocenters. The minimum atomic E-state index is -0.487. The van der Waals surface area contributed by atoms with Crippen molar-refractivity contribution in [3.05, 3.63) is 35.9 Å². The van der Waals surface area contributed by atoms with Crippen molar-refractivity contribution >= 4 is 35.9 Å². The summed E-state index contributed by atoms with van der Waals surface area (Å²) in [5.41, 5.74) is 0.868. The molecule has 0 spiro atoms. The average molecular weight is 516 g/mol. The van der Waals surface area contributed by atoms with Crippen LogP contribution >= 0.6 is 24.0 Å². The normalized spacial score (nSPS) is 20.5. The van der Waals surface area contributed by atoms with E-state index in [2.05, 4.69) is 57.8 Å². The van der Waals surface area contributed by atoms with E-state index in [0.717, 1.165) is 32.5 Å². The largest absolute Gasteiger partial charge is 0.459 e. The summed E-state index contributed by atoms with van der Waals surface area (Å²) >= 11 is 0. The fourth-order valence-electron chi connectivity index (χ4n) is 3.44. The predicted molar refractivity (Wildman–Crippen MR) is 130 cm³/mol. The minimum absolute atomic E-state index is 0. The van der Waals surface area contributed by atoms with E-state index < -0.39 is 5.60 Å². The van der Waals surface area contributed by atoms with E-state index in [0.29, 0.717) is 18.0 Å². The Morgan fingerprint density at radius 1 is 1.28 bits per heavy atom. The smallest absolute Gasteiger partial charge is 0.328 e. The Morgan fingerprint density at radius 2 is 1.97 bits per heavy atom. The number of hydrogen-bond acceptors (Lipinski definition) is 4. The van der Waals surface area contributed by atoms with E-state index in [1.165, 1.54) is 5.56 Å². The van der Waals surface area contributed by atoms with Gasteiger partial charge >= 0.3 is 5.97 Å². The van der Waals surface area contributed by atoms with Gasteiger partial charge in [-0.15, -0.1) is 24.0 Å². The Morgan fingerprint density at radius 3 is 2.55 bits per heavy atom. The molecule has 1 aromatic rings. The maximum atomic E-state index is 11.9. The highest BCUT2D eigenvalue weighted by atomic mass is 127. The van der Waals surface area contributed by atoms with E-state index in [1.807, 2.05) is 27.7 Å². The van der Waals surface area contributed by atoms with Gasteiger partial charge in [-0.25, -0.2) is 4.99 Å². The standard InChI is InChI=1S/C22H36N4O2.HI/c1-6-23-21(24-15-20(27)28-22(3,4)5)25-19-12-13-26(17(2)14-19)16-18-10-8-7-9-11-18;/h7-11,17,19H,6,12-16H2,1-5H3,(H2,23,24,25);1H. The summed E-state index contributed by atoms with van der Waals surface area (Å²) in [5.74, 6) is 0.373. The number of benzene rings is 1. The molecule has 1 aliphatic rings. The van der Waals surface area contributed by atoms with Crippen molar-refractivity contribution in [1.29, 1.82) is 0 Å². The van der Waals surface area contributed by atoms with Gasteiger partial charge in [-0.3, -0.25) is 9.69 Å². The molecule has 2 unspecified atom stereocenters. The van der Waals surface area contributed by atoms with Crippen molar-refractivity contribution in [3.8, 4) is 0 Å². The number of rotatable bonds is 6. The molecule has 164 valence electrons. The second kappa shape index (κ2) is 12.4. The predicted octanol–water partition coefficient (Wildman–Crippen LogP) is 3.55. The Balaban J connectivity index is 0.00000420. The first-order valence-electron chi connectivity index (χ1n) is 10.3. The Bertz CT molecular complexity index is 646. The van der Waals surface area contributed by atoms with Crippen molar-refractivity contribution in [3.63, 3.8) is 0 Å². The van der Waals surface area contributed by atoms with E-state index >= 15 is 0 Å². The second-order valence-corrected chi connectivity index (χ2v) is 8.45. The summed E-state index contributed by atoms with van der Waals surface area (Å²) in [6.07, 6.45) is 2.09. The highest BCUT2D eigenvalue weighted by Gasteiger charge is 2.26. The van der Waals surface area contributed by atoms with Gasteiger partial charge in [0.1, 0.15) is 12.1 Å². The van der Waals surface area contributed by atoms with Crippen LogP contribution < -0.4 is 10.6 Å². The first-order chi connectivity index (χ1) is 13.3. The summed E-state index contributed by atoms with van der Waals surface area (Å²) in [7, 11) is 0. The lowest BCUT2D eigenvalue weighted by atomic mass is 9.97. The molecule has 1 aromatic carbocycles. The molecule has 0 saturated carbocycles. The van der Waals surface area contributed by atoms with Crippen LogP contribution in [-0.4, -0.2) is 54.1 Å². The van der Waals surface area contributed by atoms with Crippen LogP contribution in [0.4, 0.5) is 0 Å². The molecule has 0 radical (unpaired) electrons. The quantitative estimate of drug-likeness (QED) is 0.262. The maximum absolute atomic E-state index is 11.9. The van der Waals surface area contributed by atoms with E-state index in [4.69, 9.17) is 4.74 Å². The number of esters is 1. The summed E-state index contributed by atoms with van der Waals surface area (Å²) in [5, 5.41) is 6.73. The Labute approximate surface area is 192 Å². The molecule has 7 heteroatoms. The molecule has 0 aromatic heterocycles. The zero-order chi connectivity index (χ0) is 20.6. The monoisotopic (exact) mass is 516 g/mol. The molecule has 1 aliphatic heterocycles. The van der Waals surface area contributed by atoms with Gasteiger partial charge in [0.05, 0.1) is 0 Å². The van der Waals surface area contributed by atoms with Crippen molar-refractivity contribution in [1.82, 2.24) is 15.5 Å². The molecular weight excluding hydrogens is 479 g/mol. The van der Waals surface area contributed by atoms with Gasteiger partial charge in [-0.1, -0.05) is 30.3 Å². The molecule has 0 aliphatic carbocycles. The van der Waals surface area contributed by atoms with Gasteiger partial charge in [0.15, 0.2) is 5.96 Å². The number of guanidine groups is 1. The fraction of sp³-hybridized carbons (Fsp3) is 0.636. The lowest BCUT2D eigenvalue weighted by Gasteiger charge is -2.38. The van der Waals surface area contributed by atoms with Crippen LogP contribution in [0.5, 0.6) is 0 Å². The van der Waals surface area contributed by atoms with Crippen LogP contribution in [0.2, 0.25) is 0 Å². The Hall–Kier alpha value is -1.35. The molecule has 2 rings (SSSR count). The minimum Gasteiger partial charge on any atom is -0.459 e. The zero-order valence-electron chi connectivity index (χ0n) is 18.4. The highest BCUT2D eigenvalue weighted by molar-refractivity contribution is 14.0. The van der Waals surface area contributed by atoms with Crippen molar-refractivity contribution in [2.75, 3.05) is 19.6 Å². The maximum Gasteiger partial charge on any atom is 0.328 e. The zero-order valence-corrected chi connectivity index (χ0v) is 20.7. The first kappa shape index (κ1) is 25.7. The van der Waals surface area contributed by atoms with Crippen LogP contribution in [0.15, 0.2) is 35.3 Å². The van der Waals surface area contributed by atoms with Crippen molar-refractivity contribution < 1.29 is 9.53 Å². The average Bonchev–Trinajstić information content (AvgIpc) is 2.62. The third-order valence-corrected chi connectivity index (χ3v) is 4.71. The number of piperidine rings is 1. The topological polar surface area (TPSA) is 66.0 Å². The SMILES string of the molecule is CCNC(=NCC(=O)OC(C)(C)C)NC1CCN(Cc2ccccc2)C(C)C1.I. The lowest BCUT2D eigenvalue weighted by Crippen LogP contribution is -2.51. The number of carbonyl (C=O) groups excluding carboxylic acids is 1. The van der Waals surface area contributed by atoms with Gasteiger partial charge in [0.25, 0.3) is 0 Å². The molecule has 6 nitrogen and oxygen atoms in total. The molecule has 1 heterocycles. The molecular formula is C22H37IN4O2. The van der Waals surface area contributed by atoms with E-state index in [-0.39, 0.29) is 36.5 Å². The summed E-state index contributed by atoms with van der Waals surface area (Å²) < 4.78 is 5.34. The van der Waals surface area contributed by atoms with Gasteiger partial charge in [-0.05, 0) is 53.0 Å². The molecule has 2 N–H and O–H groups in total. The van der Waals surface area contributed by atoms with Gasteiger partial charge in [0, 0.05) is 31.7 Å². The van der Waals surface area contributed by atoms with Crippen LogP contribution in [-0.2, 0) is 16.1 Å². The summed E-state index contributed by atoms with van der Waals surface area (Å²) in [6.45, 7) is 12.7.